The number of hydrogen-bond acceptors (Lipinski definition) is 2. The van der Waals surface area contributed by atoms with Crippen LogP contribution in [0.25, 0.3) is 0 Å². The van der Waals surface area contributed by atoms with Gasteiger partial charge in [0.05, 0.1) is 7.11 Å². The van der Waals surface area contributed by atoms with Gasteiger partial charge in [-0.05, 0) is 22.8 Å². The van der Waals surface area contributed by atoms with E-state index in [9.17, 15) is 4.79 Å². The van der Waals surface area contributed by atoms with Gasteiger partial charge in [0.1, 0.15) is 0 Å². The number of benzene rings is 3. The minimum absolute atomic E-state index is 0.243. The molecule has 25 heavy (non-hydrogen) atoms. The van der Waals surface area contributed by atoms with Gasteiger partial charge in [-0.15, -0.1) is 0 Å². The van der Waals surface area contributed by atoms with Gasteiger partial charge < -0.3 is 0 Å². The molecular formula is C21H20NO2P. The summed E-state index contributed by atoms with van der Waals surface area (Å²) in [5, 5.41) is 3.37. The lowest BCUT2D eigenvalue weighted by atomic mass is 10.4. The number of nitrogens with one attached hydrogen (secondary N) is 1. The highest BCUT2D eigenvalue weighted by molar-refractivity contribution is 7.95. The van der Waals surface area contributed by atoms with E-state index < -0.39 is 6.89 Å². The molecule has 3 rings (SSSR count). The number of carbonyl (C=O) groups excluding carboxylic acids is 1. The number of carbonyl (C=O) groups is 1. The van der Waals surface area contributed by atoms with Gasteiger partial charge in [-0.1, -0.05) is 91.0 Å². The van der Waals surface area contributed by atoms with Crippen molar-refractivity contribution < 1.29 is 9.63 Å². The second-order valence-electron chi connectivity index (χ2n) is 5.53. The van der Waals surface area contributed by atoms with E-state index in [-0.39, 0.29) is 5.91 Å². The van der Waals surface area contributed by atoms with Gasteiger partial charge in [0.25, 0.3) is 5.91 Å². The molecule has 1 N–H and O–H groups in total. The van der Waals surface area contributed by atoms with Crippen LogP contribution in [-0.4, -0.2) is 18.8 Å². The van der Waals surface area contributed by atoms with Crippen molar-refractivity contribution in [3.05, 3.63) is 91.0 Å². The van der Waals surface area contributed by atoms with Gasteiger partial charge in [0.2, 0.25) is 0 Å². The molecule has 3 aromatic carbocycles. The fourth-order valence-electron chi connectivity index (χ4n) is 2.96. The molecule has 0 atom stereocenters. The Morgan fingerprint density at radius 1 is 0.760 bits per heavy atom. The quantitative estimate of drug-likeness (QED) is 0.568. The maximum Gasteiger partial charge on any atom is 0.268 e. The highest BCUT2D eigenvalue weighted by Gasteiger charge is 2.26. The third kappa shape index (κ3) is 3.58. The molecule has 3 nitrogen and oxygen atoms in total. The van der Waals surface area contributed by atoms with Crippen LogP contribution < -0.4 is 21.4 Å². The zero-order valence-electron chi connectivity index (χ0n) is 14.0. The molecule has 0 spiro atoms. The Morgan fingerprint density at radius 3 is 1.44 bits per heavy atom. The fourth-order valence-corrected chi connectivity index (χ4v) is 6.64. The molecule has 0 unspecified atom stereocenters. The van der Waals surface area contributed by atoms with Crippen molar-refractivity contribution in [3.63, 3.8) is 0 Å². The zero-order valence-corrected chi connectivity index (χ0v) is 14.9. The van der Waals surface area contributed by atoms with E-state index in [4.69, 9.17) is 4.84 Å². The van der Waals surface area contributed by atoms with E-state index >= 15 is 0 Å². The second-order valence-corrected chi connectivity index (χ2v) is 8.78. The van der Waals surface area contributed by atoms with E-state index in [1.807, 2.05) is 54.6 Å². The average Bonchev–Trinajstić information content (AvgIpc) is 2.68. The highest BCUT2D eigenvalue weighted by Crippen LogP contribution is 2.43. The second kappa shape index (κ2) is 7.98. The molecule has 0 aliphatic heterocycles. The van der Waals surface area contributed by atoms with Crippen LogP contribution >= 0.6 is 6.89 Å². The maximum absolute atomic E-state index is 12.5. The summed E-state index contributed by atoms with van der Waals surface area (Å²) in [6.45, 7) is -2.26. The Bertz CT molecular complexity index is 774. The summed E-state index contributed by atoms with van der Waals surface area (Å²) in [7, 11) is 1.44. The molecule has 0 aliphatic rings. The lowest BCUT2D eigenvalue weighted by molar-refractivity contribution is -0.123. The van der Waals surface area contributed by atoms with Crippen molar-refractivity contribution in [2.24, 2.45) is 0 Å². The Balaban J connectivity index is 2.38. The molecule has 0 aliphatic carbocycles. The van der Waals surface area contributed by atoms with Crippen LogP contribution in [0, 0.1) is 0 Å². The van der Waals surface area contributed by atoms with E-state index in [0.717, 1.165) is 15.9 Å². The van der Waals surface area contributed by atoms with Gasteiger partial charge in [-0.3, -0.25) is 9.63 Å². The highest BCUT2D eigenvalue weighted by atomic mass is 31.2. The van der Waals surface area contributed by atoms with Crippen molar-refractivity contribution >= 4 is 34.5 Å². The molecule has 126 valence electrons. The minimum atomic E-state index is -2.26. The normalized spacial score (nSPS) is 10.9. The predicted octanol–water partition coefficient (Wildman–Crippen LogP) is 2.46. The summed E-state index contributed by atoms with van der Waals surface area (Å²) in [5.41, 5.74) is 2.44. The lowest BCUT2D eigenvalue weighted by Gasteiger charge is -2.28. The Morgan fingerprint density at radius 2 is 1.12 bits per heavy atom. The number of amides is 1. The van der Waals surface area contributed by atoms with Crippen LogP contribution in [0.4, 0.5) is 0 Å². The summed E-state index contributed by atoms with van der Waals surface area (Å²) in [5.74, 6) is 1.55. The summed E-state index contributed by atoms with van der Waals surface area (Å²) in [4.78, 5) is 17.4. The van der Waals surface area contributed by atoms with Crippen molar-refractivity contribution in [2.45, 2.75) is 0 Å². The monoisotopic (exact) mass is 349 g/mol. The number of hydrogen-bond donors (Lipinski definition) is 1. The van der Waals surface area contributed by atoms with Crippen molar-refractivity contribution in [3.8, 4) is 0 Å². The minimum Gasteiger partial charge on any atom is -0.277 e. The fraction of sp³-hybridized carbons (Fsp3) is 0.0476. The summed E-state index contributed by atoms with van der Waals surface area (Å²) < 4.78 is 0. The van der Waals surface area contributed by atoms with Crippen LogP contribution in [0.3, 0.4) is 0 Å². The Hall–Kier alpha value is -2.61. The molecule has 0 saturated carbocycles. The molecule has 4 heteroatoms. The standard InChI is InChI=1S/C21H20NO2P/c1-24-22-21(23)17-25(18-11-5-2-6-12-18,19-13-7-3-8-14-19)20-15-9-4-10-16-20/h2-17H,1H3,(H,22,23). The van der Waals surface area contributed by atoms with Gasteiger partial charge >= 0.3 is 0 Å². The predicted molar refractivity (Wildman–Crippen MR) is 106 cm³/mol. The summed E-state index contributed by atoms with van der Waals surface area (Å²) >= 11 is 0. The van der Waals surface area contributed by atoms with E-state index in [2.05, 4.69) is 41.9 Å². The van der Waals surface area contributed by atoms with E-state index in [0.29, 0.717) is 0 Å². The number of hydroxylamine groups is 1. The molecule has 0 radical (unpaired) electrons. The Labute approximate surface area is 148 Å². The molecule has 0 bridgehead atoms. The van der Waals surface area contributed by atoms with Gasteiger partial charge in [0.15, 0.2) is 0 Å². The van der Waals surface area contributed by atoms with Crippen LogP contribution in [0.15, 0.2) is 91.0 Å². The van der Waals surface area contributed by atoms with Gasteiger partial charge in [-0.25, -0.2) is 5.48 Å². The third-order valence-electron chi connectivity index (χ3n) is 4.00. The van der Waals surface area contributed by atoms with Crippen LogP contribution in [0.5, 0.6) is 0 Å². The third-order valence-corrected chi connectivity index (χ3v) is 7.96. The maximum atomic E-state index is 12.5. The zero-order chi connectivity index (χ0) is 17.5. The van der Waals surface area contributed by atoms with Crippen LogP contribution in [0.1, 0.15) is 0 Å². The van der Waals surface area contributed by atoms with Crippen molar-refractivity contribution in [2.75, 3.05) is 7.11 Å². The van der Waals surface area contributed by atoms with Crippen molar-refractivity contribution in [1.82, 2.24) is 5.48 Å². The van der Waals surface area contributed by atoms with Crippen LogP contribution in [0.2, 0.25) is 0 Å². The first-order valence-electron chi connectivity index (χ1n) is 8.02. The summed E-state index contributed by atoms with van der Waals surface area (Å²) in [6.07, 6.45) is 0. The van der Waals surface area contributed by atoms with Crippen molar-refractivity contribution in [1.29, 1.82) is 0 Å². The average molecular weight is 349 g/mol. The smallest absolute Gasteiger partial charge is 0.268 e. The first-order valence-corrected chi connectivity index (χ1v) is 9.87. The molecule has 0 aromatic heterocycles. The SMILES string of the molecule is CONC(=O)C=P(c1ccccc1)(c1ccccc1)c1ccccc1. The molecule has 0 fully saturated rings. The largest absolute Gasteiger partial charge is 0.277 e. The van der Waals surface area contributed by atoms with E-state index in [1.54, 1.807) is 5.80 Å². The summed E-state index contributed by atoms with van der Waals surface area (Å²) in [6, 6.07) is 30.6. The van der Waals surface area contributed by atoms with Gasteiger partial charge in [-0.2, -0.15) is 0 Å². The Kier molecular flexibility index (Phi) is 5.49. The molecule has 3 aromatic rings. The molecule has 0 saturated heterocycles. The van der Waals surface area contributed by atoms with Gasteiger partial charge in [0, 0.05) is 5.80 Å². The molecular weight excluding hydrogens is 329 g/mol. The number of rotatable bonds is 5. The molecule has 1 amide bonds. The van der Waals surface area contributed by atoms with Crippen LogP contribution in [-0.2, 0) is 9.63 Å². The lowest BCUT2D eigenvalue weighted by Crippen LogP contribution is -2.32. The van der Waals surface area contributed by atoms with E-state index in [1.165, 1.54) is 7.11 Å². The first-order chi connectivity index (χ1) is 12.3. The first kappa shape index (κ1) is 17.2. The topological polar surface area (TPSA) is 38.3 Å². The molecule has 0 heterocycles.